The maximum atomic E-state index is 12.3. The van der Waals surface area contributed by atoms with Crippen LogP contribution in [0.1, 0.15) is 46.9 Å². The Kier molecular flexibility index (Phi) is 5.62. The van der Waals surface area contributed by atoms with Gasteiger partial charge in [0.1, 0.15) is 5.69 Å². The zero-order valence-corrected chi connectivity index (χ0v) is 19.4. The highest BCUT2D eigenvalue weighted by Crippen LogP contribution is 2.37. The van der Waals surface area contributed by atoms with Gasteiger partial charge in [0.25, 0.3) is 11.5 Å². The molecule has 2 atom stereocenters. The number of rotatable bonds is 5. The van der Waals surface area contributed by atoms with Crippen molar-refractivity contribution in [3.8, 4) is 0 Å². The third-order valence-corrected chi connectivity index (χ3v) is 7.31. The van der Waals surface area contributed by atoms with Crippen LogP contribution in [0.5, 0.6) is 0 Å². The van der Waals surface area contributed by atoms with Gasteiger partial charge in [-0.1, -0.05) is 6.92 Å². The number of anilines is 1. The Labute approximate surface area is 193 Å². The van der Waals surface area contributed by atoms with E-state index in [4.69, 9.17) is 0 Å². The Morgan fingerprint density at radius 3 is 2.64 bits per heavy atom. The molecule has 0 aromatic carbocycles. The summed E-state index contributed by atoms with van der Waals surface area (Å²) >= 11 is 0. The van der Waals surface area contributed by atoms with Crippen molar-refractivity contribution in [2.45, 2.75) is 51.7 Å². The van der Waals surface area contributed by atoms with Crippen molar-refractivity contribution in [2.75, 3.05) is 25.0 Å². The Morgan fingerprint density at radius 1 is 1.15 bits per heavy atom. The number of aryl methyl sites for hydroxylation is 2. The second-order valence-electron chi connectivity index (χ2n) is 9.00. The lowest BCUT2D eigenvalue weighted by molar-refractivity contribution is 0.0657. The van der Waals surface area contributed by atoms with Gasteiger partial charge in [0.15, 0.2) is 0 Å². The first-order valence-corrected chi connectivity index (χ1v) is 11.7. The number of pyridine rings is 3. The smallest absolute Gasteiger partial charge is 0.269 e. The third-order valence-electron chi connectivity index (χ3n) is 7.31. The lowest BCUT2D eigenvalue weighted by atomic mass is 9.81. The predicted molar refractivity (Wildman–Crippen MR) is 129 cm³/mol. The van der Waals surface area contributed by atoms with Crippen LogP contribution >= 0.6 is 0 Å². The van der Waals surface area contributed by atoms with Gasteiger partial charge < -0.3 is 15.2 Å². The summed E-state index contributed by atoms with van der Waals surface area (Å²) in [5.41, 5.74) is 6.24. The molecule has 2 fully saturated rings. The molecular weight excluding hydrogens is 416 g/mol. The maximum Gasteiger partial charge on any atom is 0.269 e. The molecule has 1 unspecified atom stereocenters. The molecule has 172 valence electrons. The number of aromatic amines is 1. The molecule has 1 aliphatic heterocycles. The van der Waals surface area contributed by atoms with Gasteiger partial charge in [0, 0.05) is 50.5 Å². The zero-order chi connectivity index (χ0) is 23.1. The van der Waals surface area contributed by atoms with Crippen molar-refractivity contribution in [1.82, 2.24) is 25.2 Å². The fourth-order valence-electron chi connectivity index (χ4n) is 5.15. The Bertz CT molecular complexity index is 1250. The van der Waals surface area contributed by atoms with Crippen molar-refractivity contribution < 1.29 is 4.79 Å². The number of nitrogens with zero attached hydrogens (tertiary/aromatic N) is 4. The van der Waals surface area contributed by atoms with Crippen LogP contribution in [0.2, 0.25) is 0 Å². The lowest BCUT2D eigenvalue weighted by Crippen LogP contribution is -2.64. The molecule has 2 aliphatic rings. The molecule has 2 N–H and O–H groups in total. The molecule has 1 saturated carbocycles. The van der Waals surface area contributed by atoms with Gasteiger partial charge in [0.05, 0.1) is 22.9 Å². The van der Waals surface area contributed by atoms with Gasteiger partial charge in [-0.2, -0.15) is 0 Å². The van der Waals surface area contributed by atoms with E-state index in [1.165, 1.54) is 6.42 Å². The highest BCUT2D eigenvalue weighted by molar-refractivity contribution is 5.92. The Morgan fingerprint density at radius 2 is 1.97 bits per heavy atom. The minimum absolute atomic E-state index is 0.0178. The molecule has 5 rings (SSSR count). The van der Waals surface area contributed by atoms with E-state index in [0.29, 0.717) is 24.2 Å². The zero-order valence-electron chi connectivity index (χ0n) is 19.4. The summed E-state index contributed by atoms with van der Waals surface area (Å²) in [7, 11) is 1.61. The monoisotopic (exact) mass is 446 g/mol. The number of carbonyl (C=O) groups excluding carboxylic acids is 1. The van der Waals surface area contributed by atoms with Crippen LogP contribution in [-0.4, -0.2) is 58.0 Å². The molecule has 8 nitrogen and oxygen atoms in total. The number of hydrogen-bond acceptors (Lipinski definition) is 6. The predicted octanol–water partition coefficient (Wildman–Crippen LogP) is 2.40. The van der Waals surface area contributed by atoms with Crippen LogP contribution in [0.3, 0.4) is 0 Å². The van der Waals surface area contributed by atoms with Crippen molar-refractivity contribution in [1.29, 1.82) is 0 Å². The summed E-state index contributed by atoms with van der Waals surface area (Å²) in [6.07, 6.45) is 6.80. The number of piperazine rings is 1. The van der Waals surface area contributed by atoms with Gasteiger partial charge in [-0.25, -0.2) is 4.98 Å². The van der Waals surface area contributed by atoms with E-state index >= 15 is 0 Å². The summed E-state index contributed by atoms with van der Waals surface area (Å²) in [4.78, 5) is 41.2. The Hall–Kier alpha value is -3.26. The minimum atomic E-state index is -0.167. The van der Waals surface area contributed by atoms with Crippen molar-refractivity contribution in [2.24, 2.45) is 0 Å². The molecule has 0 radical (unpaired) electrons. The highest BCUT2D eigenvalue weighted by atomic mass is 16.1. The van der Waals surface area contributed by atoms with Gasteiger partial charge in [0.2, 0.25) is 0 Å². The summed E-state index contributed by atoms with van der Waals surface area (Å²) in [5.74, 6) is -0.167. The van der Waals surface area contributed by atoms with E-state index in [2.05, 4.69) is 37.0 Å². The van der Waals surface area contributed by atoms with Crippen molar-refractivity contribution >= 4 is 22.6 Å². The topological polar surface area (TPSA) is 94.2 Å². The number of aromatic nitrogens is 3. The molecule has 0 bridgehead atoms. The average Bonchev–Trinajstić information content (AvgIpc) is 2.81. The summed E-state index contributed by atoms with van der Waals surface area (Å²) in [6, 6.07) is 6.64. The number of carbonyl (C=O) groups is 1. The number of amides is 1. The molecule has 8 heteroatoms. The van der Waals surface area contributed by atoms with E-state index in [1.54, 1.807) is 13.1 Å². The van der Waals surface area contributed by atoms with Crippen LogP contribution in [0.15, 0.2) is 35.4 Å². The quantitative estimate of drug-likeness (QED) is 0.625. The fourth-order valence-corrected chi connectivity index (χ4v) is 5.15. The number of H-pyrrole nitrogens is 1. The van der Waals surface area contributed by atoms with Gasteiger partial charge in [-0.15, -0.1) is 0 Å². The summed E-state index contributed by atoms with van der Waals surface area (Å²) in [5, 5.41) is 2.61. The Balaban J connectivity index is 1.34. The van der Waals surface area contributed by atoms with Crippen LogP contribution in [0, 0.1) is 6.92 Å². The first-order chi connectivity index (χ1) is 16.0. The molecule has 3 aromatic rings. The van der Waals surface area contributed by atoms with E-state index in [0.717, 1.165) is 59.5 Å². The largest absolute Gasteiger partial charge is 0.364 e. The van der Waals surface area contributed by atoms with Crippen LogP contribution < -0.4 is 15.8 Å². The SMILES string of the molecule is CCc1cc2ncc(CN3CCN(c4ccc(C(=O)NC)nc4)[C@@H]4CCC43)c(C)c2[nH]c1=O. The van der Waals surface area contributed by atoms with Gasteiger partial charge >= 0.3 is 0 Å². The molecule has 4 heterocycles. The molecule has 33 heavy (non-hydrogen) atoms. The van der Waals surface area contributed by atoms with E-state index in [9.17, 15) is 9.59 Å². The first-order valence-electron chi connectivity index (χ1n) is 11.7. The molecule has 1 aliphatic carbocycles. The molecule has 1 amide bonds. The van der Waals surface area contributed by atoms with Crippen molar-refractivity contribution in [3.05, 3.63) is 63.3 Å². The number of hydrogen-bond donors (Lipinski definition) is 2. The highest BCUT2D eigenvalue weighted by Gasteiger charge is 2.43. The van der Waals surface area contributed by atoms with E-state index < -0.39 is 0 Å². The van der Waals surface area contributed by atoms with E-state index in [1.807, 2.05) is 31.5 Å². The maximum absolute atomic E-state index is 12.3. The second-order valence-corrected chi connectivity index (χ2v) is 9.00. The molecule has 1 saturated heterocycles. The lowest BCUT2D eigenvalue weighted by Gasteiger charge is -2.54. The normalized spacial score (nSPS) is 20.4. The molecule has 3 aromatic heterocycles. The number of fused-ring (bicyclic) bond motifs is 2. The summed E-state index contributed by atoms with van der Waals surface area (Å²) < 4.78 is 0. The fraction of sp³-hybridized carbons (Fsp3) is 0.440. The molecular formula is C25H30N6O2. The third kappa shape index (κ3) is 3.78. The summed E-state index contributed by atoms with van der Waals surface area (Å²) in [6.45, 7) is 6.75. The number of nitrogens with one attached hydrogen (secondary N) is 2. The van der Waals surface area contributed by atoms with Crippen LogP contribution in [0.4, 0.5) is 5.69 Å². The van der Waals surface area contributed by atoms with Crippen LogP contribution in [-0.2, 0) is 13.0 Å². The van der Waals surface area contributed by atoms with E-state index in [-0.39, 0.29) is 11.5 Å². The van der Waals surface area contributed by atoms with Gasteiger partial charge in [-0.05, 0) is 55.5 Å². The van der Waals surface area contributed by atoms with Gasteiger partial charge in [-0.3, -0.25) is 19.5 Å². The first kappa shape index (κ1) is 21.6. The minimum Gasteiger partial charge on any atom is -0.364 e. The molecule has 0 spiro atoms. The van der Waals surface area contributed by atoms with Crippen molar-refractivity contribution in [3.63, 3.8) is 0 Å². The standard InChI is InChI=1S/C25H30N6O2/c1-4-16-11-20-23(29-24(16)32)15(2)17(12-27-20)14-30-9-10-31(22-8-7-21(22)30)18-5-6-19(28-13-18)25(33)26-3/h5-6,11-13,21-22H,4,7-10,14H2,1-3H3,(H,26,33)(H,29,32)/t21?,22-/m1/s1. The average molecular weight is 447 g/mol. The van der Waals surface area contributed by atoms with Crippen LogP contribution in [0.25, 0.3) is 11.0 Å². The second kappa shape index (κ2) is 8.59.